The number of alkyl halides is 3. The second-order valence-corrected chi connectivity index (χ2v) is 4.86. The number of fused-ring (bicyclic) bond motifs is 1. The quantitative estimate of drug-likeness (QED) is 0.927. The first-order valence-corrected chi connectivity index (χ1v) is 5.96. The summed E-state index contributed by atoms with van der Waals surface area (Å²) in [6, 6.07) is 5.60. The molecule has 1 aliphatic rings. The Morgan fingerprint density at radius 3 is 2.88 bits per heavy atom. The van der Waals surface area contributed by atoms with E-state index in [1.54, 1.807) is 0 Å². The third-order valence-corrected chi connectivity index (χ3v) is 2.95. The normalized spacial score (nSPS) is 18.9. The fourth-order valence-corrected chi connectivity index (χ4v) is 2.19. The Morgan fingerprint density at radius 1 is 1.41 bits per heavy atom. The zero-order chi connectivity index (χ0) is 12.5. The maximum atomic E-state index is 11.9. The molecule has 1 N–H and O–H groups in total. The summed E-state index contributed by atoms with van der Waals surface area (Å²) in [5.74, 6) is 0.756. The first kappa shape index (κ1) is 12.7. The van der Waals surface area contributed by atoms with Crippen molar-refractivity contribution < 1.29 is 17.9 Å². The van der Waals surface area contributed by atoms with Crippen molar-refractivity contribution in [1.29, 1.82) is 0 Å². The van der Waals surface area contributed by atoms with Gasteiger partial charge in [-0.1, -0.05) is 15.9 Å². The molecule has 6 heteroatoms. The van der Waals surface area contributed by atoms with Gasteiger partial charge < -0.3 is 10.1 Å². The van der Waals surface area contributed by atoms with Gasteiger partial charge in [0.1, 0.15) is 11.9 Å². The van der Waals surface area contributed by atoms with E-state index in [9.17, 15) is 13.2 Å². The number of nitrogens with one attached hydrogen (secondary N) is 1. The van der Waals surface area contributed by atoms with Gasteiger partial charge in [0.15, 0.2) is 0 Å². The fraction of sp³-hybridized carbons (Fsp3) is 0.455. The smallest absolute Gasteiger partial charge is 0.401 e. The lowest BCUT2D eigenvalue weighted by molar-refractivity contribution is -0.125. The molecular formula is C11H11BrF3NO. The van der Waals surface area contributed by atoms with Crippen molar-refractivity contribution in [2.24, 2.45) is 0 Å². The van der Waals surface area contributed by atoms with Gasteiger partial charge in [0.2, 0.25) is 0 Å². The summed E-state index contributed by atoms with van der Waals surface area (Å²) in [4.78, 5) is 0. The van der Waals surface area contributed by atoms with Gasteiger partial charge in [-0.25, -0.2) is 0 Å². The third-order valence-electron chi connectivity index (χ3n) is 2.46. The van der Waals surface area contributed by atoms with E-state index in [0.29, 0.717) is 6.42 Å². The van der Waals surface area contributed by atoms with Gasteiger partial charge in [0, 0.05) is 17.4 Å². The number of benzene rings is 1. The van der Waals surface area contributed by atoms with Crippen molar-refractivity contribution in [2.75, 3.05) is 13.1 Å². The first-order chi connectivity index (χ1) is 7.94. The second kappa shape index (κ2) is 4.86. The summed E-state index contributed by atoms with van der Waals surface area (Å²) in [6.45, 7) is -0.779. The van der Waals surface area contributed by atoms with Crippen LogP contribution in [-0.2, 0) is 6.42 Å². The van der Waals surface area contributed by atoms with Crippen molar-refractivity contribution in [3.05, 3.63) is 28.2 Å². The van der Waals surface area contributed by atoms with E-state index in [1.807, 2.05) is 18.2 Å². The third kappa shape index (κ3) is 3.61. The zero-order valence-corrected chi connectivity index (χ0v) is 10.4. The molecule has 1 atom stereocenters. The SMILES string of the molecule is FC(F)(F)CNCC1Cc2cc(Br)ccc2O1. The fourth-order valence-electron chi connectivity index (χ4n) is 1.78. The maximum absolute atomic E-state index is 11.9. The molecule has 1 unspecified atom stereocenters. The first-order valence-electron chi connectivity index (χ1n) is 5.16. The van der Waals surface area contributed by atoms with Crippen LogP contribution in [0.4, 0.5) is 13.2 Å². The molecule has 0 spiro atoms. The molecule has 1 heterocycles. The lowest BCUT2D eigenvalue weighted by atomic mass is 10.1. The Balaban J connectivity index is 1.84. The molecule has 0 aromatic heterocycles. The molecule has 2 rings (SSSR count). The molecule has 1 aromatic rings. The van der Waals surface area contributed by atoms with Crippen molar-refractivity contribution in [2.45, 2.75) is 18.7 Å². The van der Waals surface area contributed by atoms with Crippen LogP contribution in [-0.4, -0.2) is 25.4 Å². The average molecular weight is 310 g/mol. The molecular weight excluding hydrogens is 299 g/mol. The Bertz CT molecular complexity index is 408. The van der Waals surface area contributed by atoms with E-state index >= 15 is 0 Å². The van der Waals surface area contributed by atoms with Gasteiger partial charge in [-0.15, -0.1) is 0 Å². The van der Waals surface area contributed by atoms with E-state index in [2.05, 4.69) is 21.2 Å². The van der Waals surface area contributed by atoms with E-state index in [4.69, 9.17) is 4.74 Å². The van der Waals surface area contributed by atoms with Gasteiger partial charge in [-0.2, -0.15) is 13.2 Å². The van der Waals surface area contributed by atoms with Crippen LogP contribution in [0.3, 0.4) is 0 Å². The highest BCUT2D eigenvalue weighted by Gasteiger charge is 2.28. The van der Waals surface area contributed by atoms with Gasteiger partial charge >= 0.3 is 6.18 Å². The topological polar surface area (TPSA) is 21.3 Å². The lowest BCUT2D eigenvalue weighted by Crippen LogP contribution is -2.36. The summed E-state index contributed by atoms with van der Waals surface area (Å²) >= 11 is 3.34. The summed E-state index contributed by atoms with van der Waals surface area (Å²) in [7, 11) is 0. The van der Waals surface area contributed by atoms with Crippen LogP contribution < -0.4 is 10.1 Å². The minimum Gasteiger partial charge on any atom is -0.488 e. The molecule has 0 saturated carbocycles. The number of hydrogen-bond donors (Lipinski definition) is 1. The number of halogens is 4. The molecule has 1 aliphatic heterocycles. The minimum atomic E-state index is -4.17. The number of ether oxygens (including phenoxy) is 1. The van der Waals surface area contributed by atoms with Crippen LogP contribution >= 0.6 is 15.9 Å². The van der Waals surface area contributed by atoms with Crippen molar-refractivity contribution in [3.63, 3.8) is 0 Å². The Morgan fingerprint density at radius 2 is 2.18 bits per heavy atom. The van der Waals surface area contributed by atoms with Crippen molar-refractivity contribution in [3.8, 4) is 5.75 Å². The molecule has 2 nitrogen and oxygen atoms in total. The van der Waals surface area contributed by atoms with Gasteiger partial charge in [-0.05, 0) is 23.8 Å². The summed E-state index contributed by atoms with van der Waals surface area (Å²) < 4.78 is 42.3. The summed E-state index contributed by atoms with van der Waals surface area (Å²) in [6.07, 6.45) is -3.75. The van der Waals surface area contributed by atoms with E-state index in [1.165, 1.54) is 0 Å². The predicted molar refractivity (Wildman–Crippen MR) is 61.2 cm³/mol. The van der Waals surface area contributed by atoms with E-state index < -0.39 is 12.7 Å². The lowest BCUT2D eigenvalue weighted by Gasteiger charge is -2.13. The van der Waals surface area contributed by atoms with Crippen molar-refractivity contribution in [1.82, 2.24) is 5.32 Å². The molecule has 1 aromatic carbocycles. The van der Waals surface area contributed by atoms with Crippen LogP contribution in [0.15, 0.2) is 22.7 Å². The van der Waals surface area contributed by atoms with Crippen LogP contribution in [0.5, 0.6) is 5.75 Å². The Hall–Kier alpha value is -0.750. The highest BCUT2D eigenvalue weighted by Crippen LogP contribution is 2.30. The van der Waals surface area contributed by atoms with Gasteiger partial charge in [0.25, 0.3) is 0 Å². The highest BCUT2D eigenvalue weighted by atomic mass is 79.9. The van der Waals surface area contributed by atoms with Crippen molar-refractivity contribution >= 4 is 15.9 Å². The minimum absolute atomic E-state index is 0.200. The standard InChI is InChI=1S/C11H11BrF3NO/c12-8-1-2-10-7(3-8)4-9(17-10)5-16-6-11(13,14)15/h1-3,9,16H,4-6H2. The molecule has 0 bridgehead atoms. The maximum Gasteiger partial charge on any atom is 0.401 e. The van der Waals surface area contributed by atoms with E-state index in [-0.39, 0.29) is 12.6 Å². The molecule has 0 radical (unpaired) electrons. The number of hydrogen-bond acceptors (Lipinski definition) is 2. The molecule has 0 aliphatic carbocycles. The number of rotatable bonds is 3. The average Bonchev–Trinajstić information content (AvgIpc) is 2.57. The predicted octanol–water partition coefficient (Wildman–Crippen LogP) is 2.90. The molecule has 17 heavy (non-hydrogen) atoms. The molecule has 0 fully saturated rings. The largest absolute Gasteiger partial charge is 0.488 e. The summed E-state index contributed by atoms with van der Waals surface area (Å²) in [5, 5.41) is 2.36. The van der Waals surface area contributed by atoms with Crippen LogP contribution in [0, 0.1) is 0 Å². The Labute approximate surface area is 105 Å². The molecule has 0 saturated heterocycles. The van der Waals surface area contributed by atoms with Crippen LogP contribution in [0.25, 0.3) is 0 Å². The second-order valence-electron chi connectivity index (χ2n) is 3.94. The van der Waals surface area contributed by atoms with Crippen LogP contribution in [0.2, 0.25) is 0 Å². The highest BCUT2D eigenvalue weighted by molar-refractivity contribution is 9.10. The monoisotopic (exact) mass is 309 g/mol. The summed E-state index contributed by atoms with van der Waals surface area (Å²) in [5.41, 5.74) is 1.03. The zero-order valence-electron chi connectivity index (χ0n) is 8.85. The van der Waals surface area contributed by atoms with E-state index in [0.717, 1.165) is 15.8 Å². The van der Waals surface area contributed by atoms with Gasteiger partial charge in [-0.3, -0.25) is 0 Å². The Kier molecular flexibility index (Phi) is 3.63. The van der Waals surface area contributed by atoms with Crippen LogP contribution in [0.1, 0.15) is 5.56 Å². The molecule has 0 amide bonds. The molecule has 94 valence electrons. The van der Waals surface area contributed by atoms with Gasteiger partial charge in [0.05, 0.1) is 6.54 Å².